The number of alkyl halides is 3. The van der Waals surface area contributed by atoms with Gasteiger partial charge in [0.2, 0.25) is 5.91 Å². The summed E-state index contributed by atoms with van der Waals surface area (Å²) in [7, 11) is 0. The topological polar surface area (TPSA) is 67.7 Å². The predicted molar refractivity (Wildman–Crippen MR) is 181 cm³/mol. The Hall–Kier alpha value is -3.65. The van der Waals surface area contributed by atoms with Crippen molar-refractivity contribution >= 4 is 44.5 Å². The molecule has 2 atom stereocenters. The van der Waals surface area contributed by atoms with E-state index in [9.17, 15) is 27.2 Å². The van der Waals surface area contributed by atoms with Crippen molar-refractivity contribution < 1.29 is 31.9 Å². The smallest absolute Gasteiger partial charge is 0.379 e. The van der Waals surface area contributed by atoms with Gasteiger partial charge in [0.15, 0.2) is 5.78 Å². The van der Waals surface area contributed by atoms with Crippen molar-refractivity contribution in [2.24, 2.45) is 5.92 Å². The molecule has 6 rings (SSSR count). The van der Waals surface area contributed by atoms with E-state index >= 15 is 0 Å². The number of nitrogens with zero attached hydrogens (tertiary/aromatic N) is 4. The first kappa shape index (κ1) is 36.2. The molecule has 2 aliphatic heterocycles. The number of benzene rings is 3. The monoisotopic (exact) mass is 688 g/mol. The van der Waals surface area contributed by atoms with E-state index in [0.717, 1.165) is 23.4 Å². The Kier molecular flexibility index (Phi) is 11.6. The van der Waals surface area contributed by atoms with Gasteiger partial charge < -0.3 is 4.74 Å². The second kappa shape index (κ2) is 15.1. The molecule has 3 aromatic carbocycles. The highest BCUT2D eigenvalue weighted by Gasteiger charge is 2.46. The number of carbonyl (C=O) groups excluding carboxylic acids is 2. The molecule has 1 saturated heterocycles. The molecule has 0 spiro atoms. The summed E-state index contributed by atoms with van der Waals surface area (Å²) in [6.45, 7) is 5.04. The maximum atomic E-state index is 14.4. The molecule has 47 heavy (non-hydrogen) atoms. The SMILES string of the molecule is CCN1C(=O)[C@@H](CC(=O)c2cccc(C(F)(F)F)c2)[C@@H](c2ccc(F)cc2)c2c(CN3CCOCC3)nn(-c3ccccc3)c21.S.S. The van der Waals surface area contributed by atoms with Crippen molar-refractivity contribution in [3.63, 3.8) is 0 Å². The molecule has 250 valence electrons. The minimum atomic E-state index is -4.62. The van der Waals surface area contributed by atoms with Gasteiger partial charge in [-0.05, 0) is 48.9 Å². The van der Waals surface area contributed by atoms with Gasteiger partial charge in [0.1, 0.15) is 11.6 Å². The fourth-order valence-electron chi connectivity index (χ4n) is 6.30. The fourth-order valence-corrected chi connectivity index (χ4v) is 6.30. The van der Waals surface area contributed by atoms with Gasteiger partial charge in [-0.25, -0.2) is 9.07 Å². The minimum Gasteiger partial charge on any atom is -0.379 e. The number of ether oxygens (including phenoxy) is 1. The van der Waals surface area contributed by atoms with Crippen molar-refractivity contribution in [3.05, 3.63) is 113 Å². The summed E-state index contributed by atoms with van der Waals surface area (Å²) in [5.74, 6) is -2.51. The number of aromatic nitrogens is 2. The largest absolute Gasteiger partial charge is 0.416 e. The van der Waals surface area contributed by atoms with Crippen molar-refractivity contribution in [1.82, 2.24) is 14.7 Å². The third kappa shape index (κ3) is 7.43. The Bertz CT molecular complexity index is 1690. The van der Waals surface area contributed by atoms with Gasteiger partial charge in [0.05, 0.1) is 36.1 Å². The first-order valence-corrected chi connectivity index (χ1v) is 14.9. The van der Waals surface area contributed by atoms with Crippen molar-refractivity contribution in [1.29, 1.82) is 0 Å². The highest BCUT2D eigenvalue weighted by Crippen LogP contribution is 2.48. The van der Waals surface area contributed by atoms with Crippen LogP contribution in [0.3, 0.4) is 0 Å². The molecule has 0 unspecified atom stereocenters. The van der Waals surface area contributed by atoms with Crippen LogP contribution in [0.4, 0.5) is 23.4 Å². The minimum absolute atomic E-state index is 0. The summed E-state index contributed by atoms with van der Waals surface area (Å²) >= 11 is 0. The van der Waals surface area contributed by atoms with Crippen LogP contribution in [0, 0.1) is 11.7 Å². The number of fused-ring (bicyclic) bond motifs is 1. The van der Waals surface area contributed by atoms with Crippen LogP contribution < -0.4 is 4.90 Å². The van der Waals surface area contributed by atoms with Crippen LogP contribution in [0.25, 0.3) is 5.69 Å². The third-order valence-corrected chi connectivity index (χ3v) is 8.47. The molecule has 3 heterocycles. The fraction of sp³-hybridized carbons (Fsp3) is 0.324. The number of hydrogen-bond acceptors (Lipinski definition) is 5. The Balaban J connectivity index is 0.00000250. The first-order chi connectivity index (χ1) is 21.7. The second-order valence-electron chi connectivity index (χ2n) is 11.2. The summed E-state index contributed by atoms with van der Waals surface area (Å²) in [6, 6.07) is 19.5. The van der Waals surface area contributed by atoms with Crippen molar-refractivity contribution in [3.8, 4) is 5.69 Å². The number of para-hydroxylation sites is 1. The Morgan fingerprint density at radius 1 is 0.957 bits per heavy atom. The maximum absolute atomic E-state index is 14.4. The number of halogens is 4. The molecule has 1 amide bonds. The van der Waals surface area contributed by atoms with Crippen LogP contribution in [0.1, 0.15) is 52.0 Å². The Labute approximate surface area is 284 Å². The zero-order chi connectivity index (χ0) is 31.7. The first-order valence-electron chi connectivity index (χ1n) is 14.9. The van der Waals surface area contributed by atoms with Crippen molar-refractivity contribution in [2.45, 2.75) is 32.0 Å². The number of ketones is 1. The van der Waals surface area contributed by atoms with Gasteiger partial charge >= 0.3 is 6.18 Å². The highest BCUT2D eigenvalue weighted by atomic mass is 32.1. The van der Waals surface area contributed by atoms with Gasteiger partial charge in [-0.3, -0.25) is 19.4 Å². The molecule has 1 fully saturated rings. The molecule has 0 radical (unpaired) electrons. The number of carbonyl (C=O) groups is 2. The van der Waals surface area contributed by atoms with Gasteiger partial charge in [-0.2, -0.15) is 45.3 Å². The number of hydrogen-bond donors (Lipinski definition) is 0. The quantitative estimate of drug-likeness (QED) is 0.157. The normalized spacial score (nSPS) is 18.2. The van der Waals surface area contributed by atoms with Gasteiger partial charge in [0.25, 0.3) is 0 Å². The molecule has 7 nitrogen and oxygen atoms in total. The van der Waals surface area contributed by atoms with Crippen LogP contribution in [0.5, 0.6) is 0 Å². The molecule has 2 aliphatic rings. The lowest BCUT2D eigenvalue weighted by Crippen LogP contribution is -2.45. The van der Waals surface area contributed by atoms with E-state index < -0.39 is 35.2 Å². The number of Topliss-reactive ketones (excluding diaryl/α,β-unsaturated/α-hetero) is 1. The van der Waals surface area contributed by atoms with E-state index in [2.05, 4.69) is 4.90 Å². The molecule has 13 heteroatoms. The number of morpholine rings is 1. The molecule has 1 aromatic heterocycles. The van der Waals surface area contributed by atoms with Crippen LogP contribution in [-0.2, 0) is 22.3 Å². The summed E-state index contributed by atoms with van der Waals surface area (Å²) in [5, 5.41) is 5.05. The average molecular weight is 689 g/mol. The molecule has 0 N–H and O–H groups in total. The molecule has 0 aliphatic carbocycles. The lowest BCUT2D eigenvalue weighted by Gasteiger charge is -2.38. The standard InChI is InChI=1S/C34H32F4N4O3.2H2S/c1-2-41-32-31(28(21-40-15-17-45-18-16-40)39-42(32)26-9-4-3-5-10-26)30(22-11-13-25(35)14-12-22)27(33(41)44)20-29(43)23-7-6-8-24(19-23)34(36,37)38;;/h3-14,19,27,30H,2,15-18,20-21H2,1H3;2*1H2/t27-,30+;;/m0../s1. The number of rotatable bonds is 8. The summed E-state index contributed by atoms with van der Waals surface area (Å²) in [4.78, 5) is 31.9. The van der Waals surface area contributed by atoms with E-state index in [-0.39, 0.29) is 51.4 Å². The highest BCUT2D eigenvalue weighted by molar-refractivity contribution is 7.59. The summed E-state index contributed by atoms with van der Waals surface area (Å²) in [5.41, 5.74) is 1.72. The van der Waals surface area contributed by atoms with Crippen LogP contribution >= 0.6 is 27.0 Å². The van der Waals surface area contributed by atoms with E-state index in [0.29, 0.717) is 49.9 Å². The molecular formula is C34H36F4N4O3S2. The van der Waals surface area contributed by atoms with E-state index in [1.165, 1.54) is 24.3 Å². The summed E-state index contributed by atoms with van der Waals surface area (Å²) in [6.07, 6.45) is -4.96. The van der Waals surface area contributed by atoms with Gasteiger partial charge in [-0.1, -0.05) is 42.5 Å². The molecule has 0 saturated carbocycles. The third-order valence-electron chi connectivity index (χ3n) is 8.47. The van der Waals surface area contributed by atoms with Crippen LogP contribution in [0.15, 0.2) is 78.9 Å². The van der Waals surface area contributed by atoms with Crippen LogP contribution in [-0.4, -0.2) is 59.2 Å². The van der Waals surface area contributed by atoms with Crippen LogP contribution in [0.2, 0.25) is 0 Å². The number of amides is 1. The molecule has 4 aromatic rings. The zero-order valence-electron chi connectivity index (χ0n) is 25.6. The van der Waals surface area contributed by atoms with Gasteiger partial charge in [-0.15, -0.1) is 0 Å². The van der Waals surface area contributed by atoms with Gasteiger partial charge in [0, 0.05) is 49.6 Å². The number of anilines is 1. The lowest BCUT2D eigenvalue weighted by molar-refractivity contribution is -0.137. The van der Waals surface area contributed by atoms with E-state index in [4.69, 9.17) is 9.84 Å². The predicted octanol–water partition coefficient (Wildman–Crippen LogP) is 6.48. The molecule has 0 bridgehead atoms. The Morgan fingerprint density at radius 2 is 1.64 bits per heavy atom. The van der Waals surface area contributed by atoms with E-state index in [1.54, 1.807) is 21.7 Å². The van der Waals surface area contributed by atoms with Crippen molar-refractivity contribution in [2.75, 3.05) is 37.7 Å². The van der Waals surface area contributed by atoms with E-state index in [1.807, 2.05) is 37.3 Å². The zero-order valence-corrected chi connectivity index (χ0v) is 27.6. The maximum Gasteiger partial charge on any atom is 0.416 e. The Morgan fingerprint density at radius 3 is 2.28 bits per heavy atom. The lowest BCUT2D eigenvalue weighted by atomic mass is 9.74. The molecular weight excluding hydrogens is 653 g/mol. The second-order valence-corrected chi connectivity index (χ2v) is 11.2. The summed E-state index contributed by atoms with van der Waals surface area (Å²) < 4.78 is 61.9. The average Bonchev–Trinajstić information content (AvgIpc) is 3.40.